The van der Waals surface area contributed by atoms with Crippen molar-refractivity contribution in [3.8, 4) is 6.07 Å². The van der Waals surface area contributed by atoms with Crippen LogP contribution in [0.25, 0.3) is 0 Å². The Balaban J connectivity index is 2.00. The molecule has 2 aromatic rings. The van der Waals surface area contributed by atoms with Crippen LogP contribution < -0.4 is 5.32 Å². The Morgan fingerprint density at radius 3 is 2.35 bits per heavy atom. The van der Waals surface area contributed by atoms with Crippen LogP contribution in [0, 0.1) is 11.3 Å². The molecule has 0 saturated heterocycles. The fourth-order valence-electron chi connectivity index (χ4n) is 2.04. The van der Waals surface area contributed by atoms with Gasteiger partial charge in [0.05, 0.1) is 28.8 Å². The summed E-state index contributed by atoms with van der Waals surface area (Å²) in [5, 5.41) is 11.5. The highest BCUT2D eigenvalue weighted by Crippen LogP contribution is 2.20. The number of amides is 1. The summed E-state index contributed by atoms with van der Waals surface area (Å²) in [6.45, 7) is -0.564. The van der Waals surface area contributed by atoms with Gasteiger partial charge in [0.1, 0.15) is 6.07 Å². The quantitative estimate of drug-likeness (QED) is 0.809. The van der Waals surface area contributed by atoms with Gasteiger partial charge in [0.15, 0.2) is 6.61 Å². The van der Waals surface area contributed by atoms with Gasteiger partial charge in [-0.1, -0.05) is 23.7 Å². The normalized spacial score (nSPS) is 9.73. The largest absolute Gasteiger partial charge is 0.465 e. The van der Waals surface area contributed by atoms with Gasteiger partial charge in [0, 0.05) is 5.69 Å². The van der Waals surface area contributed by atoms with E-state index < -0.39 is 24.5 Å². The monoisotopic (exact) mass is 372 g/mol. The highest BCUT2D eigenvalue weighted by atomic mass is 35.5. The molecule has 0 spiro atoms. The Morgan fingerprint density at radius 1 is 1.12 bits per heavy atom. The lowest BCUT2D eigenvalue weighted by molar-refractivity contribution is -0.119. The number of methoxy groups -OCH3 is 1. The number of benzene rings is 2. The van der Waals surface area contributed by atoms with Gasteiger partial charge in [0.2, 0.25) is 0 Å². The highest BCUT2D eigenvalue weighted by Gasteiger charge is 2.19. The molecule has 0 aliphatic heterocycles. The Kier molecular flexibility index (Phi) is 6.31. The zero-order valence-corrected chi connectivity index (χ0v) is 14.4. The molecule has 0 radical (unpaired) electrons. The maximum Gasteiger partial charge on any atom is 0.339 e. The molecule has 1 N–H and O–H groups in total. The molecule has 1 amide bonds. The fraction of sp³-hybridized carbons (Fsp3) is 0.111. The second kappa shape index (κ2) is 8.65. The SMILES string of the molecule is COC(=O)c1ccccc1C(=O)OCC(=O)Nc1ccc(C#N)c(Cl)c1. The van der Waals surface area contributed by atoms with Gasteiger partial charge in [-0.15, -0.1) is 0 Å². The maximum atomic E-state index is 12.1. The summed E-state index contributed by atoms with van der Waals surface area (Å²) in [6.07, 6.45) is 0. The number of rotatable bonds is 5. The van der Waals surface area contributed by atoms with E-state index in [2.05, 4.69) is 10.1 Å². The molecular weight excluding hydrogens is 360 g/mol. The van der Waals surface area contributed by atoms with Gasteiger partial charge >= 0.3 is 11.9 Å². The summed E-state index contributed by atoms with van der Waals surface area (Å²) in [5.74, 6) is -2.12. The second-order valence-corrected chi connectivity index (χ2v) is 5.38. The number of nitrogens with zero attached hydrogens (tertiary/aromatic N) is 1. The number of nitrogens with one attached hydrogen (secondary N) is 1. The Labute approximate surface area is 154 Å². The van der Waals surface area contributed by atoms with Gasteiger partial charge in [-0.05, 0) is 30.3 Å². The van der Waals surface area contributed by atoms with E-state index in [0.717, 1.165) is 0 Å². The van der Waals surface area contributed by atoms with Gasteiger partial charge < -0.3 is 14.8 Å². The number of ether oxygens (including phenoxy) is 2. The number of carbonyl (C=O) groups is 3. The van der Waals surface area contributed by atoms with E-state index in [4.69, 9.17) is 21.6 Å². The van der Waals surface area contributed by atoms with Crippen LogP contribution >= 0.6 is 11.6 Å². The van der Waals surface area contributed by atoms with Crippen molar-refractivity contribution in [1.82, 2.24) is 0 Å². The van der Waals surface area contributed by atoms with Gasteiger partial charge in [0.25, 0.3) is 5.91 Å². The number of hydrogen-bond donors (Lipinski definition) is 1. The van der Waals surface area contributed by atoms with E-state index >= 15 is 0 Å². The van der Waals surface area contributed by atoms with Crippen LogP contribution in [0.1, 0.15) is 26.3 Å². The van der Waals surface area contributed by atoms with Crippen molar-refractivity contribution in [2.75, 3.05) is 19.0 Å². The first-order chi connectivity index (χ1) is 12.5. The zero-order chi connectivity index (χ0) is 19.1. The minimum Gasteiger partial charge on any atom is -0.465 e. The van der Waals surface area contributed by atoms with Crippen LogP contribution in [0.4, 0.5) is 5.69 Å². The smallest absolute Gasteiger partial charge is 0.339 e. The van der Waals surface area contributed by atoms with E-state index in [9.17, 15) is 14.4 Å². The Hall–Kier alpha value is -3.37. The average Bonchev–Trinajstić information content (AvgIpc) is 2.65. The molecule has 0 heterocycles. The molecule has 0 aliphatic carbocycles. The van der Waals surface area contributed by atoms with Crippen LogP contribution in [0.3, 0.4) is 0 Å². The zero-order valence-electron chi connectivity index (χ0n) is 13.6. The third-order valence-corrected chi connectivity index (χ3v) is 3.57. The van der Waals surface area contributed by atoms with Gasteiger partial charge in [-0.2, -0.15) is 5.26 Å². The topological polar surface area (TPSA) is 105 Å². The third kappa shape index (κ3) is 4.59. The van der Waals surface area contributed by atoms with Crippen molar-refractivity contribution in [2.45, 2.75) is 0 Å². The van der Waals surface area contributed by atoms with Gasteiger partial charge in [-0.3, -0.25) is 4.79 Å². The van der Waals surface area contributed by atoms with Crippen molar-refractivity contribution < 1.29 is 23.9 Å². The third-order valence-electron chi connectivity index (χ3n) is 3.26. The van der Waals surface area contributed by atoms with Crippen LogP contribution in [-0.2, 0) is 14.3 Å². The fourth-order valence-corrected chi connectivity index (χ4v) is 2.26. The molecule has 0 aliphatic rings. The van der Waals surface area contributed by atoms with E-state index in [-0.39, 0.29) is 21.7 Å². The molecule has 0 unspecified atom stereocenters. The molecule has 0 bridgehead atoms. The first-order valence-corrected chi connectivity index (χ1v) is 7.68. The molecule has 26 heavy (non-hydrogen) atoms. The van der Waals surface area contributed by atoms with Crippen LogP contribution in [-0.4, -0.2) is 31.6 Å². The number of anilines is 1. The van der Waals surface area contributed by atoms with E-state index in [1.807, 2.05) is 6.07 Å². The minimum absolute atomic E-state index is 0.00596. The number of halogens is 1. The predicted molar refractivity (Wildman–Crippen MR) is 92.9 cm³/mol. The van der Waals surface area contributed by atoms with E-state index in [0.29, 0.717) is 5.69 Å². The average molecular weight is 373 g/mol. The predicted octanol–water partition coefficient (Wildman–Crippen LogP) is 2.79. The van der Waals surface area contributed by atoms with Crippen molar-refractivity contribution in [1.29, 1.82) is 5.26 Å². The number of esters is 2. The maximum absolute atomic E-state index is 12.1. The molecule has 7 nitrogen and oxygen atoms in total. The summed E-state index contributed by atoms with van der Waals surface area (Å²) in [6, 6.07) is 12.2. The second-order valence-electron chi connectivity index (χ2n) is 4.97. The lowest BCUT2D eigenvalue weighted by Crippen LogP contribution is -2.22. The first-order valence-electron chi connectivity index (χ1n) is 7.30. The molecule has 0 fully saturated rings. The van der Waals surface area contributed by atoms with E-state index in [1.165, 1.54) is 37.4 Å². The van der Waals surface area contributed by atoms with Crippen LogP contribution in [0.2, 0.25) is 5.02 Å². The van der Waals surface area contributed by atoms with Crippen molar-refractivity contribution >= 4 is 35.1 Å². The molecule has 0 saturated carbocycles. The number of carbonyl (C=O) groups excluding carboxylic acids is 3. The van der Waals surface area contributed by atoms with Crippen LogP contribution in [0.15, 0.2) is 42.5 Å². The van der Waals surface area contributed by atoms with Crippen molar-refractivity contribution in [3.63, 3.8) is 0 Å². The van der Waals surface area contributed by atoms with E-state index in [1.54, 1.807) is 12.1 Å². The molecule has 2 rings (SSSR count). The summed E-state index contributed by atoms with van der Waals surface area (Å²) in [4.78, 5) is 35.7. The lowest BCUT2D eigenvalue weighted by atomic mass is 10.1. The van der Waals surface area contributed by atoms with Crippen LogP contribution in [0.5, 0.6) is 0 Å². The minimum atomic E-state index is -0.834. The van der Waals surface area contributed by atoms with Gasteiger partial charge in [-0.25, -0.2) is 9.59 Å². The number of nitriles is 1. The summed E-state index contributed by atoms with van der Waals surface area (Å²) < 4.78 is 9.53. The molecular formula is C18H13ClN2O5. The summed E-state index contributed by atoms with van der Waals surface area (Å²) in [7, 11) is 1.20. The lowest BCUT2D eigenvalue weighted by Gasteiger charge is -2.09. The molecule has 0 aromatic heterocycles. The summed E-state index contributed by atoms with van der Waals surface area (Å²) >= 11 is 5.88. The first kappa shape index (κ1) is 19.0. The highest BCUT2D eigenvalue weighted by molar-refractivity contribution is 6.32. The Morgan fingerprint density at radius 2 is 1.77 bits per heavy atom. The Bertz CT molecular complexity index is 905. The van der Waals surface area contributed by atoms with Crippen molar-refractivity contribution in [2.24, 2.45) is 0 Å². The molecule has 8 heteroatoms. The van der Waals surface area contributed by atoms with Crippen molar-refractivity contribution in [3.05, 3.63) is 64.2 Å². The molecule has 132 valence electrons. The summed E-state index contributed by atoms with van der Waals surface area (Å²) in [5.41, 5.74) is 0.661. The standard InChI is InChI=1S/C18H13ClN2O5/c1-25-17(23)13-4-2-3-5-14(13)18(24)26-10-16(22)21-12-7-6-11(9-20)15(19)8-12/h2-8H,10H2,1H3,(H,21,22). The number of hydrogen-bond acceptors (Lipinski definition) is 6. The molecule has 2 aromatic carbocycles. The molecule has 0 atom stereocenters.